The quantitative estimate of drug-likeness (QED) is 0.372. The van der Waals surface area contributed by atoms with Gasteiger partial charge in [0, 0.05) is 50.7 Å². The van der Waals surface area contributed by atoms with E-state index in [4.69, 9.17) is 37.7 Å². The standard InChI is InChI=1S/C25H35Cl2N5O2/c1-33-13-11-28-17-5-7-18(8-6-17)31-24-14-20(22(27)16-30-24)25-21(26)9-10-23(32-25)29-15-19-4-2-3-12-34-19/h9-10,14,16-19,28H,2-8,11-13,15H2,1H3,(H,29,32)(H,30,31)/t17?,18?,19-/m0/s1. The lowest BCUT2D eigenvalue weighted by atomic mass is 9.91. The Balaban J connectivity index is 1.39. The number of methoxy groups -OCH3 is 1. The molecule has 9 heteroatoms. The van der Waals surface area contributed by atoms with E-state index in [0.717, 1.165) is 82.0 Å². The Morgan fingerprint density at radius 1 is 1.03 bits per heavy atom. The normalized spacial score (nSPS) is 23.0. The average Bonchev–Trinajstić information content (AvgIpc) is 2.87. The van der Waals surface area contributed by atoms with Crippen molar-refractivity contribution in [2.24, 2.45) is 0 Å². The molecule has 0 amide bonds. The maximum atomic E-state index is 6.53. The number of rotatable bonds is 10. The lowest BCUT2D eigenvalue weighted by Gasteiger charge is -2.30. The Morgan fingerprint density at radius 3 is 2.62 bits per heavy atom. The molecule has 1 atom stereocenters. The number of anilines is 2. The monoisotopic (exact) mass is 507 g/mol. The van der Waals surface area contributed by atoms with E-state index in [2.05, 4.69) is 20.9 Å². The Bertz CT molecular complexity index is 918. The van der Waals surface area contributed by atoms with Crippen LogP contribution in [0.4, 0.5) is 11.6 Å². The third kappa shape index (κ3) is 7.18. The van der Waals surface area contributed by atoms with Crippen LogP contribution in [0.3, 0.4) is 0 Å². The fraction of sp³-hybridized carbons (Fsp3) is 0.600. The van der Waals surface area contributed by atoms with Crippen LogP contribution in [0.15, 0.2) is 24.4 Å². The molecule has 1 saturated heterocycles. The fourth-order valence-corrected chi connectivity index (χ4v) is 5.03. The minimum atomic E-state index is 0.222. The van der Waals surface area contributed by atoms with Crippen molar-refractivity contribution in [3.8, 4) is 11.3 Å². The van der Waals surface area contributed by atoms with Crippen molar-refractivity contribution in [3.05, 3.63) is 34.4 Å². The van der Waals surface area contributed by atoms with Gasteiger partial charge in [0.05, 0.1) is 28.5 Å². The van der Waals surface area contributed by atoms with Crippen molar-refractivity contribution in [2.45, 2.75) is 63.1 Å². The molecule has 0 spiro atoms. The second kappa shape index (κ2) is 12.9. The summed E-state index contributed by atoms with van der Waals surface area (Å²) in [5.74, 6) is 1.55. The Hall–Kier alpha value is -1.64. The van der Waals surface area contributed by atoms with Crippen molar-refractivity contribution >= 4 is 34.8 Å². The lowest BCUT2D eigenvalue weighted by molar-refractivity contribution is 0.0247. The van der Waals surface area contributed by atoms with Crippen molar-refractivity contribution in [1.29, 1.82) is 0 Å². The molecule has 1 aliphatic carbocycles. The van der Waals surface area contributed by atoms with Crippen LogP contribution in [0.2, 0.25) is 10.0 Å². The van der Waals surface area contributed by atoms with Gasteiger partial charge in [0.2, 0.25) is 0 Å². The third-order valence-corrected chi connectivity index (χ3v) is 7.17. The zero-order valence-electron chi connectivity index (χ0n) is 19.8. The summed E-state index contributed by atoms with van der Waals surface area (Å²) in [4.78, 5) is 9.27. The Kier molecular flexibility index (Phi) is 9.65. The maximum absolute atomic E-state index is 6.53. The summed E-state index contributed by atoms with van der Waals surface area (Å²) in [6.45, 7) is 3.21. The van der Waals surface area contributed by atoms with Gasteiger partial charge in [-0.05, 0) is 63.1 Å². The molecule has 4 rings (SSSR count). The maximum Gasteiger partial charge on any atom is 0.126 e. The molecule has 0 aromatic carbocycles. The van der Waals surface area contributed by atoms with E-state index in [1.54, 1.807) is 13.3 Å². The van der Waals surface area contributed by atoms with E-state index in [0.29, 0.717) is 27.8 Å². The van der Waals surface area contributed by atoms with Crippen LogP contribution in [-0.4, -0.2) is 61.6 Å². The van der Waals surface area contributed by atoms with E-state index in [-0.39, 0.29) is 6.10 Å². The predicted molar refractivity (Wildman–Crippen MR) is 139 cm³/mol. The highest BCUT2D eigenvalue weighted by molar-refractivity contribution is 6.36. The zero-order chi connectivity index (χ0) is 23.8. The summed E-state index contributed by atoms with van der Waals surface area (Å²) >= 11 is 13.1. The first-order chi connectivity index (χ1) is 16.6. The first kappa shape index (κ1) is 25.5. The molecule has 2 aliphatic rings. The number of ether oxygens (including phenoxy) is 2. The number of nitrogens with zero attached hydrogens (tertiary/aromatic N) is 2. The summed E-state index contributed by atoms with van der Waals surface area (Å²) in [6.07, 6.45) is 9.76. The van der Waals surface area contributed by atoms with Crippen molar-refractivity contribution in [1.82, 2.24) is 15.3 Å². The summed E-state index contributed by atoms with van der Waals surface area (Å²) in [5, 5.41) is 11.6. The lowest BCUT2D eigenvalue weighted by Crippen LogP contribution is -2.38. The van der Waals surface area contributed by atoms with Crippen molar-refractivity contribution in [2.75, 3.05) is 44.0 Å². The minimum absolute atomic E-state index is 0.222. The van der Waals surface area contributed by atoms with Crippen LogP contribution < -0.4 is 16.0 Å². The second-order valence-electron chi connectivity index (χ2n) is 9.09. The van der Waals surface area contributed by atoms with Gasteiger partial charge in [-0.15, -0.1) is 0 Å². The summed E-state index contributed by atoms with van der Waals surface area (Å²) in [6, 6.07) is 6.64. The first-order valence-electron chi connectivity index (χ1n) is 12.3. The van der Waals surface area contributed by atoms with Crippen molar-refractivity contribution < 1.29 is 9.47 Å². The second-order valence-corrected chi connectivity index (χ2v) is 9.90. The van der Waals surface area contributed by atoms with Crippen molar-refractivity contribution in [3.63, 3.8) is 0 Å². The van der Waals surface area contributed by atoms with Gasteiger partial charge in [-0.3, -0.25) is 0 Å². The molecule has 186 valence electrons. The van der Waals surface area contributed by atoms with Gasteiger partial charge in [0.1, 0.15) is 11.6 Å². The molecule has 2 fully saturated rings. The van der Waals surface area contributed by atoms with Gasteiger partial charge >= 0.3 is 0 Å². The average molecular weight is 508 g/mol. The number of aromatic nitrogens is 2. The van der Waals surface area contributed by atoms with E-state index in [1.807, 2.05) is 18.2 Å². The fourth-order valence-electron chi connectivity index (χ4n) is 4.63. The highest BCUT2D eigenvalue weighted by Crippen LogP contribution is 2.34. The number of hydrogen-bond acceptors (Lipinski definition) is 7. The van der Waals surface area contributed by atoms with Gasteiger partial charge in [0.25, 0.3) is 0 Å². The predicted octanol–water partition coefficient (Wildman–Crippen LogP) is 5.39. The molecule has 0 bridgehead atoms. The van der Waals surface area contributed by atoms with Crippen LogP contribution in [0.25, 0.3) is 11.3 Å². The van der Waals surface area contributed by atoms with Gasteiger partial charge in [-0.2, -0.15) is 0 Å². The summed E-state index contributed by atoms with van der Waals surface area (Å²) in [5.41, 5.74) is 1.43. The Labute approximate surface area is 212 Å². The van der Waals surface area contributed by atoms with Crippen LogP contribution in [0.1, 0.15) is 44.9 Å². The van der Waals surface area contributed by atoms with E-state index >= 15 is 0 Å². The number of halogens is 2. The van der Waals surface area contributed by atoms with Crippen LogP contribution in [0, 0.1) is 0 Å². The van der Waals surface area contributed by atoms with Crippen LogP contribution in [0.5, 0.6) is 0 Å². The number of nitrogens with one attached hydrogen (secondary N) is 3. The van der Waals surface area contributed by atoms with E-state index in [9.17, 15) is 0 Å². The number of pyridine rings is 2. The summed E-state index contributed by atoms with van der Waals surface area (Å²) in [7, 11) is 1.73. The molecule has 1 aliphatic heterocycles. The molecule has 3 N–H and O–H groups in total. The zero-order valence-corrected chi connectivity index (χ0v) is 21.3. The molecule has 0 unspecified atom stereocenters. The topological polar surface area (TPSA) is 80.3 Å². The highest BCUT2D eigenvalue weighted by atomic mass is 35.5. The van der Waals surface area contributed by atoms with E-state index < -0.39 is 0 Å². The molecule has 1 saturated carbocycles. The number of hydrogen-bond donors (Lipinski definition) is 3. The molecule has 3 heterocycles. The molecular formula is C25H35Cl2N5O2. The Morgan fingerprint density at radius 2 is 1.85 bits per heavy atom. The molecule has 0 radical (unpaired) electrons. The van der Waals surface area contributed by atoms with Crippen LogP contribution in [-0.2, 0) is 9.47 Å². The van der Waals surface area contributed by atoms with Gasteiger partial charge in [-0.1, -0.05) is 23.2 Å². The largest absolute Gasteiger partial charge is 0.383 e. The molecule has 2 aromatic heterocycles. The van der Waals surface area contributed by atoms with E-state index in [1.165, 1.54) is 6.42 Å². The first-order valence-corrected chi connectivity index (χ1v) is 13.0. The van der Waals surface area contributed by atoms with Gasteiger partial charge < -0.3 is 25.4 Å². The van der Waals surface area contributed by atoms with Gasteiger partial charge in [0.15, 0.2) is 0 Å². The molecular weight excluding hydrogens is 473 g/mol. The minimum Gasteiger partial charge on any atom is -0.383 e. The molecule has 2 aromatic rings. The van der Waals surface area contributed by atoms with Crippen LogP contribution >= 0.6 is 23.2 Å². The third-order valence-electron chi connectivity index (χ3n) is 6.56. The molecule has 34 heavy (non-hydrogen) atoms. The molecule has 7 nitrogen and oxygen atoms in total. The van der Waals surface area contributed by atoms with Gasteiger partial charge in [-0.25, -0.2) is 9.97 Å². The summed E-state index contributed by atoms with van der Waals surface area (Å²) < 4.78 is 10.9. The smallest absolute Gasteiger partial charge is 0.126 e. The SMILES string of the molecule is COCCNC1CCC(Nc2cc(-c3nc(NC[C@@H]4CCCCO4)ccc3Cl)c(Cl)cn2)CC1. The highest BCUT2D eigenvalue weighted by Gasteiger charge is 2.22.